The van der Waals surface area contributed by atoms with E-state index in [2.05, 4.69) is 15.9 Å². The predicted molar refractivity (Wildman–Crippen MR) is 75.4 cm³/mol. The summed E-state index contributed by atoms with van der Waals surface area (Å²) in [5.74, 6) is 0.825. The number of aliphatic hydroxyl groups excluding tert-OH is 1. The van der Waals surface area contributed by atoms with Crippen LogP contribution in [0.5, 0.6) is 11.5 Å². The number of hydrogen-bond donors (Lipinski definition) is 1. The zero-order chi connectivity index (χ0) is 14.4. The largest absolute Gasteiger partial charge is 0.493 e. The molecule has 0 bridgehead atoms. The highest BCUT2D eigenvalue weighted by Gasteiger charge is 2.14. The van der Waals surface area contributed by atoms with Crippen molar-refractivity contribution in [2.24, 2.45) is 0 Å². The van der Waals surface area contributed by atoms with Crippen LogP contribution in [0.3, 0.4) is 0 Å². The summed E-state index contributed by atoms with van der Waals surface area (Å²) in [4.78, 5) is 13.3. The molecule has 0 radical (unpaired) electrons. The van der Waals surface area contributed by atoms with Gasteiger partial charge in [-0.2, -0.15) is 0 Å². The molecule has 1 rings (SSSR count). The number of carbonyl (C=O) groups is 1. The fourth-order valence-electron chi connectivity index (χ4n) is 1.43. The Hall–Kier alpha value is -1.27. The van der Waals surface area contributed by atoms with Gasteiger partial charge < -0.3 is 19.5 Å². The van der Waals surface area contributed by atoms with Crippen molar-refractivity contribution < 1.29 is 19.4 Å². The van der Waals surface area contributed by atoms with Gasteiger partial charge in [-0.05, 0) is 40.5 Å². The number of amides is 1. The number of likely N-dealkylation sites (N-methyl/N-ethyl adjacent to an activating group) is 1. The molecule has 5 nitrogen and oxygen atoms in total. The molecule has 106 valence electrons. The molecule has 1 aromatic carbocycles. The number of halogens is 1. The van der Waals surface area contributed by atoms with Gasteiger partial charge in [0.25, 0.3) is 5.91 Å². The molecule has 0 fully saturated rings. The van der Waals surface area contributed by atoms with Crippen LogP contribution in [0, 0.1) is 0 Å². The van der Waals surface area contributed by atoms with Gasteiger partial charge in [0.2, 0.25) is 0 Å². The quantitative estimate of drug-likeness (QED) is 0.863. The Morgan fingerprint density at radius 2 is 2.16 bits per heavy atom. The Morgan fingerprint density at radius 3 is 2.68 bits per heavy atom. The van der Waals surface area contributed by atoms with E-state index in [0.29, 0.717) is 28.1 Å². The van der Waals surface area contributed by atoms with Gasteiger partial charge in [-0.25, -0.2) is 0 Å². The van der Waals surface area contributed by atoms with Crippen LogP contribution in [0.1, 0.15) is 12.5 Å². The van der Waals surface area contributed by atoms with Crippen LogP contribution in [-0.2, 0) is 11.4 Å². The van der Waals surface area contributed by atoms with Gasteiger partial charge in [-0.15, -0.1) is 0 Å². The molecular weight excluding hydrogens is 314 g/mol. The minimum Gasteiger partial charge on any atom is -0.493 e. The van der Waals surface area contributed by atoms with Crippen molar-refractivity contribution in [3.05, 3.63) is 22.2 Å². The number of benzene rings is 1. The van der Waals surface area contributed by atoms with E-state index in [1.807, 2.05) is 6.92 Å². The predicted octanol–water partition coefficient (Wildman–Crippen LogP) is 1.81. The summed E-state index contributed by atoms with van der Waals surface area (Å²) in [5.41, 5.74) is 0.702. The molecule has 0 saturated heterocycles. The molecule has 0 unspecified atom stereocenters. The summed E-state index contributed by atoms with van der Waals surface area (Å²) in [7, 11) is 3.22. The molecule has 0 atom stereocenters. The first-order chi connectivity index (χ1) is 9.03. The Bertz CT molecular complexity index is 451. The fraction of sp³-hybridized carbons (Fsp3) is 0.462. The number of hydrogen-bond acceptors (Lipinski definition) is 4. The molecule has 6 heteroatoms. The Morgan fingerprint density at radius 1 is 1.47 bits per heavy atom. The summed E-state index contributed by atoms with van der Waals surface area (Å²) in [6, 6.07) is 3.40. The summed E-state index contributed by atoms with van der Waals surface area (Å²) < 4.78 is 11.3. The van der Waals surface area contributed by atoms with Crippen LogP contribution in [0.4, 0.5) is 0 Å². The van der Waals surface area contributed by atoms with Gasteiger partial charge in [0.05, 0.1) is 18.2 Å². The second-order valence-corrected chi connectivity index (χ2v) is 4.82. The molecule has 1 amide bonds. The van der Waals surface area contributed by atoms with E-state index in [0.717, 1.165) is 0 Å². The first-order valence-corrected chi connectivity index (χ1v) is 6.66. The molecule has 1 aromatic rings. The molecule has 0 aliphatic rings. The molecular formula is C13H18BrNO4. The molecule has 0 aliphatic heterocycles. The summed E-state index contributed by atoms with van der Waals surface area (Å²) in [6.07, 6.45) is 0. The Balaban J connectivity index is 2.86. The van der Waals surface area contributed by atoms with Crippen LogP contribution in [0.15, 0.2) is 16.6 Å². The minimum atomic E-state index is -0.109. The smallest absolute Gasteiger partial charge is 0.260 e. The third-order valence-corrected chi connectivity index (χ3v) is 3.30. The lowest BCUT2D eigenvalue weighted by atomic mass is 10.2. The average molecular weight is 332 g/mol. The molecule has 0 saturated carbocycles. The number of carbonyl (C=O) groups excluding carboxylic acids is 1. The third kappa shape index (κ3) is 4.11. The zero-order valence-electron chi connectivity index (χ0n) is 11.3. The minimum absolute atomic E-state index is 0.0578. The number of nitrogens with zero attached hydrogens (tertiary/aromatic N) is 1. The van der Waals surface area contributed by atoms with Crippen molar-refractivity contribution in [1.29, 1.82) is 0 Å². The van der Waals surface area contributed by atoms with Gasteiger partial charge in [0, 0.05) is 13.6 Å². The highest BCUT2D eigenvalue weighted by atomic mass is 79.9. The highest BCUT2D eigenvalue weighted by Crippen LogP contribution is 2.36. The first-order valence-electron chi connectivity index (χ1n) is 5.87. The zero-order valence-corrected chi connectivity index (χ0v) is 12.9. The van der Waals surface area contributed by atoms with Crippen LogP contribution in [-0.4, -0.2) is 43.2 Å². The van der Waals surface area contributed by atoms with Gasteiger partial charge in [-0.3, -0.25) is 4.79 Å². The number of ether oxygens (including phenoxy) is 2. The van der Waals surface area contributed by atoms with Crippen molar-refractivity contribution in [2.75, 3.05) is 27.3 Å². The lowest BCUT2D eigenvalue weighted by Crippen LogP contribution is -2.31. The maximum absolute atomic E-state index is 11.7. The van der Waals surface area contributed by atoms with Crippen molar-refractivity contribution in [1.82, 2.24) is 4.90 Å². The normalized spacial score (nSPS) is 10.2. The highest BCUT2D eigenvalue weighted by molar-refractivity contribution is 9.10. The fourth-order valence-corrected chi connectivity index (χ4v) is 2.03. The Kier molecular flexibility index (Phi) is 6.11. The van der Waals surface area contributed by atoms with Crippen molar-refractivity contribution in [3.63, 3.8) is 0 Å². The monoisotopic (exact) mass is 331 g/mol. The van der Waals surface area contributed by atoms with Crippen LogP contribution >= 0.6 is 15.9 Å². The maximum Gasteiger partial charge on any atom is 0.260 e. The summed E-state index contributed by atoms with van der Waals surface area (Å²) in [5, 5.41) is 9.12. The van der Waals surface area contributed by atoms with Gasteiger partial charge in [-0.1, -0.05) is 0 Å². The van der Waals surface area contributed by atoms with Gasteiger partial charge >= 0.3 is 0 Å². The molecule has 0 aliphatic carbocycles. The van der Waals surface area contributed by atoms with Crippen molar-refractivity contribution in [3.8, 4) is 11.5 Å². The number of methoxy groups -OCH3 is 1. The van der Waals surface area contributed by atoms with E-state index in [-0.39, 0.29) is 19.1 Å². The molecule has 0 aromatic heterocycles. The van der Waals surface area contributed by atoms with E-state index in [4.69, 9.17) is 14.6 Å². The SMILES string of the molecule is CCN(C)C(=O)COc1c(Br)cc(CO)cc1OC. The van der Waals surface area contributed by atoms with Crippen LogP contribution in [0.2, 0.25) is 0 Å². The second kappa shape index (κ2) is 7.35. The van der Waals surface area contributed by atoms with E-state index in [1.165, 1.54) is 7.11 Å². The summed E-state index contributed by atoms with van der Waals surface area (Å²) in [6.45, 7) is 2.37. The first kappa shape index (κ1) is 15.8. The van der Waals surface area contributed by atoms with Gasteiger partial charge in [0.15, 0.2) is 18.1 Å². The van der Waals surface area contributed by atoms with E-state index < -0.39 is 0 Å². The molecule has 19 heavy (non-hydrogen) atoms. The number of aliphatic hydroxyl groups is 1. The lowest BCUT2D eigenvalue weighted by molar-refractivity contribution is -0.131. The van der Waals surface area contributed by atoms with Crippen LogP contribution in [0.25, 0.3) is 0 Å². The molecule has 0 heterocycles. The maximum atomic E-state index is 11.7. The van der Waals surface area contributed by atoms with E-state index >= 15 is 0 Å². The van der Waals surface area contributed by atoms with Gasteiger partial charge in [0.1, 0.15) is 0 Å². The molecule has 1 N–H and O–H groups in total. The average Bonchev–Trinajstić information content (AvgIpc) is 2.43. The lowest BCUT2D eigenvalue weighted by Gasteiger charge is -2.17. The molecule has 0 spiro atoms. The second-order valence-electron chi connectivity index (χ2n) is 3.96. The van der Waals surface area contributed by atoms with E-state index in [9.17, 15) is 4.79 Å². The van der Waals surface area contributed by atoms with Crippen molar-refractivity contribution >= 4 is 21.8 Å². The standard InChI is InChI=1S/C13H18BrNO4/c1-4-15(2)12(17)8-19-13-10(14)5-9(7-16)6-11(13)18-3/h5-6,16H,4,7-8H2,1-3H3. The Labute approximate surface area is 121 Å². The van der Waals surface area contributed by atoms with E-state index in [1.54, 1.807) is 24.1 Å². The van der Waals surface area contributed by atoms with Crippen molar-refractivity contribution in [2.45, 2.75) is 13.5 Å². The topological polar surface area (TPSA) is 59.0 Å². The third-order valence-electron chi connectivity index (χ3n) is 2.71. The number of rotatable bonds is 6. The van der Waals surface area contributed by atoms with Crippen LogP contribution < -0.4 is 9.47 Å². The summed E-state index contributed by atoms with van der Waals surface area (Å²) >= 11 is 3.34.